The maximum absolute atomic E-state index is 5.79. The van der Waals surface area contributed by atoms with Gasteiger partial charge in [-0.25, -0.2) is 4.98 Å². The summed E-state index contributed by atoms with van der Waals surface area (Å²) in [4.78, 5) is 6.83. The Morgan fingerprint density at radius 3 is 2.50 bits per heavy atom. The van der Waals surface area contributed by atoms with Gasteiger partial charge in [0.2, 0.25) is 0 Å². The molecule has 1 saturated carbocycles. The van der Waals surface area contributed by atoms with Gasteiger partial charge in [0.15, 0.2) is 0 Å². The van der Waals surface area contributed by atoms with E-state index in [4.69, 9.17) is 11.6 Å². The highest BCUT2D eigenvalue weighted by molar-refractivity contribution is 6.17. The smallest absolute Gasteiger partial charge is 0.128 e. The second-order valence-corrected chi connectivity index (χ2v) is 6.43. The zero-order valence-electron chi connectivity index (χ0n) is 11.6. The average molecular weight is 267 g/mol. The first-order chi connectivity index (χ1) is 8.52. The van der Waals surface area contributed by atoms with Crippen LogP contribution in [0.5, 0.6) is 0 Å². The van der Waals surface area contributed by atoms with Crippen molar-refractivity contribution < 1.29 is 0 Å². The van der Waals surface area contributed by atoms with Crippen molar-refractivity contribution >= 4 is 17.4 Å². The van der Waals surface area contributed by atoms with Crippen LogP contribution in [0.15, 0.2) is 18.3 Å². The maximum atomic E-state index is 5.79. The standard InChI is InChI=1S/C15H23ClN2/c1-15(2)8-6-13(7-9-15)18(3)14-5-4-12(10-16)11-17-14/h4-5,11,13H,6-10H2,1-3H3. The number of pyridine rings is 1. The lowest BCUT2D eigenvalue weighted by Crippen LogP contribution is -2.37. The summed E-state index contributed by atoms with van der Waals surface area (Å²) in [5.74, 6) is 1.60. The summed E-state index contributed by atoms with van der Waals surface area (Å²) in [5.41, 5.74) is 1.60. The molecular weight excluding hydrogens is 244 g/mol. The van der Waals surface area contributed by atoms with E-state index in [-0.39, 0.29) is 0 Å². The van der Waals surface area contributed by atoms with Crippen LogP contribution in [-0.4, -0.2) is 18.1 Å². The number of hydrogen-bond acceptors (Lipinski definition) is 2. The van der Waals surface area contributed by atoms with Crippen LogP contribution in [-0.2, 0) is 5.88 Å². The minimum atomic E-state index is 0.521. The van der Waals surface area contributed by atoms with Gasteiger partial charge in [0.25, 0.3) is 0 Å². The predicted molar refractivity (Wildman–Crippen MR) is 78.2 cm³/mol. The van der Waals surface area contributed by atoms with Crippen LogP contribution >= 0.6 is 11.6 Å². The fourth-order valence-corrected chi connectivity index (χ4v) is 2.82. The first-order valence-electron chi connectivity index (χ1n) is 6.75. The molecule has 1 heterocycles. The van der Waals surface area contributed by atoms with Crippen molar-refractivity contribution in [3.8, 4) is 0 Å². The van der Waals surface area contributed by atoms with Gasteiger partial charge < -0.3 is 4.90 Å². The van der Waals surface area contributed by atoms with E-state index in [1.165, 1.54) is 25.7 Å². The molecule has 3 heteroatoms. The van der Waals surface area contributed by atoms with E-state index >= 15 is 0 Å². The molecule has 1 fully saturated rings. The molecule has 0 aromatic carbocycles. The SMILES string of the molecule is CN(c1ccc(CCl)cn1)C1CCC(C)(C)CC1. The monoisotopic (exact) mass is 266 g/mol. The van der Waals surface area contributed by atoms with E-state index in [0.717, 1.165) is 11.4 Å². The average Bonchev–Trinajstić information content (AvgIpc) is 2.38. The van der Waals surface area contributed by atoms with Gasteiger partial charge in [0.05, 0.1) is 0 Å². The molecule has 0 aliphatic heterocycles. The number of hydrogen-bond donors (Lipinski definition) is 0. The van der Waals surface area contributed by atoms with Gasteiger partial charge in [-0.1, -0.05) is 19.9 Å². The van der Waals surface area contributed by atoms with Gasteiger partial charge >= 0.3 is 0 Å². The molecule has 0 unspecified atom stereocenters. The van der Waals surface area contributed by atoms with E-state index < -0.39 is 0 Å². The maximum Gasteiger partial charge on any atom is 0.128 e. The highest BCUT2D eigenvalue weighted by Gasteiger charge is 2.29. The first-order valence-corrected chi connectivity index (χ1v) is 7.29. The van der Waals surface area contributed by atoms with Crippen molar-refractivity contribution in [2.75, 3.05) is 11.9 Å². The zero-order chi connectivity index (χ0) is 13.2. The summed E-state index contributed by atoms with van der Waals surface area (Å²) in [7, 11) is 2.16. The van der Waals surface area contributed by atoms with E-state index in [0.29, 0.717) is 17.3 Å². The molecule has 2 rings (SSSR count). The van der Waals surface area contributed by atoms with E-state index in [1.54, 1.807) is 0 Å². The van der Waals surface area contributed by atoms with E-state index in [2.05, 4.69) is 42.9 Å². The van der Waals surface area contributed by atoms with Gasteiger partial charge in [-0.3, -0.25) is 0 Å². The molecule has 1 aliphatic carbocycles. The van der Waals surface area contributed by atoms with Gasteiger partial charge in [-0.2, -0.15) is 0 Å². The fraction of sp³-hybridized carbons (Fsp3) is 0.667. The Labute approximate surface area is 115 Å². The molecule has 1 aliphatic rings. The molecular formula is C15H23ClN2. The third kappa shape index (κ3) is 3.17. The number of anilines is 1. The first kappa shape index (κ1) is 13.7. The van der Waals surface area contributed by atoms with Crippen LogP contribution in [0.25, 0.3) is 0 Å². The van der Waals surface area contributed by atoms with E-state index in [9.17, 15) is 0 Å². The third-order valence-corrected chi connectivity index (χ3v) is 4.49. The van der Waals surface area contributed by atoms with Crippen molar-refractivity contribution in [2.24, 2.45) is 5.41 Å². The minimum absolute atomic E-state index is 0.521. The second kappa shape index (κ2) is 5.48. The van der Waals surface area contributed by atoms with Crippen LogP contribution in [0.3, 0.4) is 0 Å². The minimum Gasteiger partial charge on any atom is -0.357 e. The molecule has 0 saturated heterocycles. The molecule has 100 valence electrons. The number of rotatable bonds is 3. The number of aromatic nitrogens is 1. The quantitative estimate of drug-likeness (QED) is 0.762. The molecule has 0 bridgehead atoms. The molecule has 1 aromatic rings. The Kier molecular flexibility index (Phi) is 4.16. The zero-order valence-corrected chi connectivity index (χ0v) is 12.4. The molecule has 0 atom stereocenters. The summed E-state index contributed by atoms with van der Waals surface area (Å²) < 4.78 is 0. The highest BCUT2D eigenvalue weighted by atomic mass is 35.5. The van der Waals surface area contributed by atoms with Gasteiger partial charge in [0, 0.05) is 25.2 Å². The fourth-order valence-electron chi connectivity index (χ4n) is 2.66. The predicted octanol–water partition coefficient (Wildman–Crippen LogP) is 4.23. The van der Waals surface area contributed by atoms with Crippen LogP contribution in [0.1, 0.15) is 45.1 Å². The van der Waals surface area contributed by atoms with Crippen molar-refractivity contribution in [1.29, 1.82) is 0 Å². The topological polar surface area (TPSA) is 16.1 Å². The van der Waals surface area contributed by atoms with Crippen LogP contribution in [0.4, 0.5) is 5.82 Å². The van der Waals surface area contributed by atoms with Crippen molar-refractivity contribution in [3.63, 3.8) is 0 Å². The van der Waals surface area contributed by atoms with Crippen LogP contribution < -0.4 is 4.90 Å². The lowest BCUT2D eigenvalue weighted by atomic mass is 9.75. The Hall–Kier alpha value is -0.760. The molecule has 18 heavy (non-hydrogen) atoms. The lowest BCUT2D eigenvalue weighted by molar-refractivity contribution is 0.222. The van der Waals surface area contributed by atoms with Crippen molar-refractivity contribution in [2.45, 2.75) is 51.5 Å². The van der Waals surface area contributed by atoms with Crippen LogP contribution in [0, 0.1) is 5.41 Å². The Morgan fingerprint density at radius 1 is 1.33 bits per heavy atom. The van der Waals surface area contributed by atoms with Gasteiger partial charge in [-0.05, 0) is 42.7 Å². The third-order valence-electron chi connectivity index (χ3n) is 4.18. The van der Waals surface area contributed by atoms with E-state index in [1.807, 2.05) is 6.20 Å². The van der Waals surface area contributed by atoms with Crippen LogP contribution in [0.2, 0.25) is 0 Å². The molecule has 0 N–H and O–H groups in total. The number of nitrogens with zero attached hydrogens (tertiary/aromatic N) is 2. The second-order valence-electron chi connectivity index (χ2n) is 6.16. The summed E-state index contributed by atoms with van der Waals surface area (Å²) in [6.45, 7) is 4.74. The molecule has 0 spiro atoms. The van der Waals surface area contributed by atoms with Crippen molar-refractivity contribution in [1.82, 2.24) is 4.98 Å². The summed E-state index contributed by atoms with van der Waals surface area (Å²) in [6.07, 6.45) is 7.03. The Bertz CT molecular complexity index is 376. The lowest BCUT2D eigenvalue weighted by Gasteiger charge is -2.39. The summed E-state index contributed by atoms with van der Waals surface area (Å²) in [6, 6.07) is 4.78. The number of halogens is 1. The Balaban J connectivity index is 2.00. The largest absolute Gasteiger partial charge is 0.357 e. The van der Waals surface area contributed by atoms with Gasteiger partial charge in [-0.15, -0.1) is 11.6 Å². The Morgan fingerprint density at radius 2 is 2.00 bits per heavy atom. The highest BCUT2D eigenvalue weighted by Crippen LogP contribution is 2.37. The van der Waals surface area contributed by atoms with Crippen molar-refractivity contribution in [3.05, 3.63) is 23.9 Å². The van der Waals surface area contributed by atoms with Gasteiger partial charge in [0.1, 0.15) is 5.82 Å². The normalized spacial score (nSPS) is 19.8. The summed E-state index contributed by atoms with van der Waals surface area (Å²) >= 11 is 5.79. The summed E-state index contributed by atoms with van der Waals surface area (Å²) in [5, 5.41) is 0. The molecule has 0 amide bonds. The molecule has 2 nitrogen and oxygen atoms in total. The number of alkyl halides is 1. The molecule has 0 radical (unpaired) electrons. The molecule has 1 aromatic heterocycles.